The first-order valence-electron chi connectivity index (χ1n) is 7.38. The lowest BCUT2D eigenvalue weighted by Crippen LogP contribution is -2.33. The fraction of sp³-hybridized carbons (Fsp3) is 0.625. The van der Waals surface area contributed by atoms with Crippen LogP contribution < -0.4 is 14.8 Å². The van der Waals surface area contributed by atoms with Gasteiger partial charge in [-0.15, -0.1) is 0 Å². The molecule has 2 aliphatic rings. The van der Waals surface area contributed by atoms with Gasteiger partial charge in [0.1, 0.15) is 0 Å². The van der Waals surface area contributed by atoms with Crippen LogP contribution in [0.2, 0.25) is 5.02 Å². The first-order chi connectivity index (χ1) is 9.62. The molecule has 3 nitrogen and oxygen atoms in total. The van der Waals surface area contributed by atoms with Gasteiger partial charge in [-0.1, -0.05) is 11.6 Å². The molecule has 1 aromatic carbocycles. The van der Waals surface area contributed by atoms with E-state index in [9.17, 15) is 0 Å². The molecule has 1 N–H and O–H groups in total. The molecular weight excluding hydrogens is 274 g/mol. The predicted molar refractivity (Wildman–Crippen MR) is 80.8 cm³/mol. The van der Waals surface area contributed by atoms with Crippen LogP contribution in [-0.4, -0.2) is 20.3 Å². The fourth-order valence-corrected chi connectivity index (χ4v) is 3.21. The van der Waals surface area contributed by atoms with E-state index in [4.69, 9.17) is 21.1 Å². The van der Waals surface area contributed by atoms with Gasteiger partial charge in [0.15, 0.2) is 11.5 Å². The second-order valence-electron chi connectivity index (χ2n) is 6.10. The zero-order valence-electron chi connectivity index (χ0n) is 12.2. The average molecular weight is 296 g/mol. The van der Waals surface area contributed by atoms with Crippen LogP contribution in [0.25, 0.3) is 0 Å². The Kier molecular flexibility index (Phi) is 3.83. The van der Waals surface area contributed by atoms with Crippen LogP contribution in [-0.2, 0) is 5.54 Å². The summed E-state index contributed by atoms with van der Waals surface area (Å²) in [4.78, 5) is 0. The Morgan fingerprint density at radius 3 is 2.75 bits per heavy atom. The summed E-state index contributed by atoms with van der Waals surface area (Å²) in [6.07, 6.45) is 4.82. The molecule has 1 saturated carbocycles. The highest BCUT2D eigenvalue weighted by Gasteiger charge is 2.33. The largest absolute Gasteiger partial charge is 0.493 e. The molecule has 0 bridgehead atoms. The van der Waals surface area contributed by atoms with E-state index < -0.39 is 0 Å². The van der Waals surface area contributed by atoms with Gasteiger partial charge in [-0.25, -0.2) is 0 Å². The molecule has 1 aliphatic heterocycles. The van der Waals surface area contributed by atoms with Gasteiger partial charge >= 0.3 is 0 Å². The third kappa shape index (κ3) is 2.75. The van der Waals surface area contributed by atoms with Crippen molar-refractivity contribution in [2.45, 2.75) is 38.1 Å². The fourth-order valence-electron chi connectivity index (χ4n) is 2.85. The number of benzene rings is 1. The lowest BCUT2D eigenvalue weighted by atomic mass is 9.90. The summed E-state index contributed by atoms with van der Waals surface area (Å²) in [7, 11) is 1.68. The van der Waals surface area contributed by atoms with E-state index in [1.807, 2.05) is 12.1 Å². The maximum absolute atomic E-state index is 6.48. The second-order valence-corrected chi connectivity index (χ2v) is 6.51. The van der Waals surface area contributed by atoms with E-state index in [0.29, 0.717) is 5.92 Å². The topological polar surface area (TPSA) is 30.5 Å². The van der Waals surface area contributed by atoms with Crippen molar-refractivity contribution in [3.63, 3.8) is 0 Å². The van der Waals surface area contributed by atoms with E-state index in [1.54, 1.807) is 7.11 Å². The van der Waals surface area contributed by atoms with Gasteiger partial charge < -0.3 is 14.8 Å². The first kappa shape index (κ1) is 14.0. The summed E-state index contributed by atoms with van der Waals surface area (Å²) < 4.78 is 11.3. The molecule has 4 heteroatoms. The molecule has 1 unspecified atom stereocenters. The summed E-state index contributed by atoms with van der Waals surface area (Å²) in [5.41, 5.74) is 1.05. The lowest BCUT2D eigenvalue weighted by Gasteiger charge is -2.27. The maximum Gasteiger partial charge on any atom is 0.162 e. The third-order valence-electron chi connectivity index (χ3n) is 4.39. The van der Waals surface area contributed by atoms with E-state index in [0.717, 1.165) is 41.7 Å². The van der Waals surface area contributed by atoms with E-state index in [1.165, 1.54) is 19.3 Å². The summed E-state index contributed by atoms with van der Waals surface area (Å²) in [5.74, 6) is 2.25. The van der Waals surface area contributed by atoms with Gasteiger partial charge in [0.2, 0.25) is 0 Å². The molecular formula is C16H22ClNO2. The molecule has 0 aromatic heterocycles. The summed E-state index contributed by atoms with van der Waals surface area (Å²) in [5, 5.41) is 4.30. The van der Waals surface area contributed by atoms with Crippen molar-refractivity contribution in [2.75, 3.05) is 20.3 Å². The van der Waals surface area contributed by atoms with Crippen molar-refractivity contribution in [3.8, 4) is 11.5 Å². The molecule has 20 heavy (non-hydrogen) atoms. The predicted octanol–water partition coefficient (Wildman–Crippen LogP) is 3.74. The van der Waals surface area contributed by atoms with E-state index in [2.05, 4.69) is 12.2 Å². The highest BCUT2D eigenvalue weighted by Crippen LogP contribution is 2.42. The summed E-state index contributed by atoms with van der Waals surface area (Å²) in [6.45, 7) is 4.00. The van der Waals surface area contributed by atoms with Crippen LogP contribution in [0.5, 0.6) is 11.5 Å². The Bertz CT molecular complexity index is 493. The number of hydrogen-bond donors (Lipinski definition) is 1. The van der Waals surface area contributed by atoms with Crippen molar-refractivity contribution in [1.82, 2.24) is 5.32 Å². The number of ether oxygens (including phenoxy) is 2. The van der Waals surface area contributed by atoms with Gasteiger partial charge in [0, 0.05) is 16.6 Å². The number of halogens is 1. The monoisotopic (exact) mass is 295 g/mol. The SMILES string of the molecule is COc1cc(C2(C)CCCN2)c(Cl)cc1OCC1CC1. The minimum absolute atomic E-state index is 0.0562. The van der Waals surface area contributed by atoms with Crippen LogP contribution in [0.1, 0.15) is 38.2 Å². The van der Waals surface area contributed by atoms with Crippen LogP contribution in [0.4, 0.5) is 0 Å². The smallest absolute Gasteiger partial charge is 0.162 e. The third-order valence-corrected chi connectivity index (χ3v) is 4.70. The standard InChI is InChI=1S/C16H22ClNO2/c1-16(6-3-7-18-16)12-8-14(19-2)15(9-13(12)17)20-10-11-4-5-11/h8-9,11,18H,3-7,10H2,1-2H3. The number of hydrogen-bond acceptors (Lipinski definition) is 3. The average Bonchev–Trinajstić information content (AvgIpc) is 3.17. The van der Waals surface area contributed by atoms with Gasteiger partial charge in [0.25, 0.3) is 0 Å². The lowest BCUT2D eigenvalue weighted by molar-refractivity contribution is 0.279. The molecule has 1 atom stereocenters. The Morgan fingerprint density at radius 1 is 1.35 bits per heavy atom. The van der Waals surface area contributed by atoms with Gasteiger partial charge in [0.05, 0.1) is 13.7 Å². The van der Waals surface area contributed by atoms with Crippen molar-refractivity contribution in [1.29, 1.82) is 0 Å². The van der Waals surface area contributed by atoms with Crippen molar-refractivity contribution >= 4 is 11.6 Å². The highest BCUT2D eigenvalue weighted by molar-refractivity contribution is 6.31. The zero-order chi connectivity index (χ0) is 14.2. The first-order valence-corrected chi connectivity index (χ1v) is 7.76. The Hall–Kier alpha value is -0.930. The van der Waals surface area contributed by atoms with E-state index in [-0.39, 0.29) is 5.54 Å². The highest BCUT2D eigenvalue weighted by atomic mass is 35.5. The number of methoxy groups -OCH3 is 1. The molecule has 1 saturated heterocycles. The summed E-state index contributed by atoms with van der Waals surface area (Å²) in [6, 6.07) is 3.94. The molecule has 2 fully saturated rings. The normalized spacial score (nSPS) is 25.8. The molecule has 0 spiro atoms. The maximum atomic E-state index is 6.48. The molecule has 1 aliphatic carbocycles. The molecule has 1 heterocycles. The minimum atomic E-state index is -0.0562. The van der Waals surface area contributed by atoms with Gasteiger partial charge in [-0.2, -0.15) is 0 Å². The molecule has 0 amide bonds. The molecule has 110 valence electrons. The Morgan fingerprint density at radius 2 is 2.15 bits per heavy atom. The van der Waals surface area contributed by atoms with Crippen LogP contribution in [0.3, 0.4) is 0 Å². The summed E-state index contributed by atoms with van der Waals surface area (Å²) >= 11 is 6.48. The second kappa shape index (κ2) is 5.45. The zero-order valence-corrected chi connectivity index (χ0v) is 12.9. The Balaban J connectivity index is 1.87. The van der Waals surface area contributed by atoms with Gasteiger partial charge in [-0.3, -0.25) is 0 Å². The van der Waals surface area contributed by atoms with Crippen LogP contribution in [0.15, 0.2) is 12.1 Å². The van der Waals surface area contributed by atoms with Crippen molar-refractivity contribution in [3.05, 3.63) is 22.7 Å². The molecule has 3 rings (SSSR count). The minimum Gasteiger partial charge on any atom is -0.493 e. The quantitative estimate of drug-likeness (QED) is 0.898. The number of nitrogens with one attached hydrogen (secondary N) is 1. The van der Waals surface area contributed by atoms with Crippen molar-refractivity contribution in [2.24, 2.45) is 5.92 Å². The molecule has 0 radical (unpaired) electrons. The Labute approximate surface area is 125 Å². The van der Waals surface area contributed by atoms with Crippen LogP contribution >= 0.6 is 11.6 Å². The van der Waals surface area contributed by atoms with Gasteiger partial charge in [-0.05, 0) is 56.7 Å². The van der Waals surface area contributed by atoms with E-state index >= 15 is 0 Å². The van der Waals surface area contributed by atoms with Crippen LogP contribution in [0, 0.1) is 5.92 Å². The number of rotatable bonds is 5. The molecule has 1 aromatic rings. The van der Waals surface area contributed by atoms with Crippen molar-refractivity contribution < 1.29 is 9.47 Å².